The van der Waals surface area contributed by atoms with Crippen molar-refractivity contribution in [1.82, 2.24) is 30.5 Å². The van der Waals surface area contributed by atoms with E-state index in [9.17, 15) is 14.4 Å². The van der Waals surface area contributed by atoms with Crippen molar-refractivity contribution < 1.29 is 13.6 Å². The summed E-state index contributed by atoms with van der Waals surface area (Å²) < 4.78 is 15.9. The molecule has 0 spiro atoms. The fraction of sp³-hybridized carbons (Fsp3) is 0.179. The second-order valence-electron chi connectivity index (χ2n) is 9.15. The second kappa shape index (κ2) is 11.1. The zero-order chi connectivity index (χ0) is 28.2. The smallest absolute Gasteiger partial charge is 0.355 e. The Morgan fingerprint density at radius 3 is 2.67 bits per heavy atom. The zero-order valence-electron chi connectivity index (χ0n) is 22.0. The minimum Gasteiger partial charge on any atom is -0.364 e. The number of nitrogens with zero attached hydrogens (tertiary/aromatic N) is 6. The number of fused-ring (bicyclic) bond motifs is 1. The lowest BCUT2D eigenvalue weighted by Gasteiger charge is -2.16. The number of nitrogens with one attached hydrogen (secondary N) is 4. The first-order chi connectivity index (χ1) is 19.4. The van der Waals surface area contributed by atoms with Crippen molar-refractivity contribution in [1.29, 1.82) is 5.26 Å². The Labute approximate surface area is 229 Å². The molecule has 200 valence electrons. The summed E-state index contributed by atoms with van der Waals surface area (Å²) in [5.74, 6) is 0.620. The van der Waals surface area contributed by atoms with E-state index in [0.717, 1.165) is 16.7 Å². The fourth-order valence-corrected chi connectivity index (χ4v) is 4.11. The van der Waals surface area contributed by atoms with Crippen molar-refractivity contribution in [2.75, 3.05) is 17.7 Å². The summed E-state index contributed by atoms with van der Waals surface area (Å²) in [5.41, 5.74) is 3.93. The fourth-order valence-electron chi connectivity index (χ4n) is 4.11. The molecule has 1 atom stereocenters. The summed E-state index contributed by atoms with van der Waals surface area (Å²) in [6.07, 6.45) is 5.01. The molecule has 3 heterocycles. The third kappa shape index (κ3) is 5.39. The molecule has 5 aromatic rings. The molecule has 4 N–H and O–H groups in total. The molecule has 0 bridgehead atoms. The van der Waals surface area contributed by atoms with E-state index < -0.39 is 11.9 Å². The Morgan fingerprint density at radius 2 is 1.95 bits per heavy atom. The van der Waals surface area contributed by atoms with Crippen LogP contribution >= 0.6 is 0 Å². The maximum absolute atomic E-state index is 14.0. The molecule has 0 aliphatic heterocycles. The summed E-state index contributed by atoms with van der Waals surface area (Å²) in [6.45, 7) is 3.78. The average Bonchev–Trinajstić information content (AvgIpc) is 3.40. The minimum absolute atomic E-state index is 0.0107. The number of benzene rings is 2. The highest BCUT2D eigenvalue weighted by molar-refractivity contribution is 5.97. The van der Waals surface area contributed by atoms with Crippen molar-refractivity contribution in [3.8, 4) is 17.2 Å². The van der Waals surface area contributed by atoms with Crippen molar-refractivity contribution in [2.24, 2.45) is 0 Å². The highest BCUT2D eigenvalue weighted by atomic mass is 19.1. The van der Waals surface area contributed by atoms with Crippen LogP contribution in [0.3, 0.4) is 0 Å². The van der Waals surface area contributed by atoms with Crippen LogP contribution in [0.2, 0.25) is 0 Å². The van der Waals surface area contributed by atoms with Gasteiger partial charge in [0.25, 0.3) is 5.91 Å². The lowest BCUT2D eigenvalue weighted by Crippen LogP contribution is -2.29. The van der Waals surface area contributed by atoms with E-state index in [4.69, 9.17) is 0 Å². The summed E-state index contributed by atoms with van der Waals surface area (Å²) in [4.78, 5) is 26.0. The SMILES string of the molecule is CNc1n[nH]c2ncc(-c3ccc(CNc4ncc(C#N)nc4C(=O)N[C@@H](C)c4ccc(C)c(F)c4)cc3)c[n+]12. The number of anilines is 2. The lowest BCUT2D eigenvalue weighted by molar-refractivity contribution is -0.498. The van der Waals surface area contributed by atoms with Crippen LogP contribution in [0.5, 0.6) is 0 Å². The molecule has 40 heavy (non-hydrogen) atoms. The molecule has 0 aliphatic carbocycles. The van der Waals surface area contributed by atoms with Crippen LogP contribution in [0, 0.1) is 24.1 Å². The Hall–Kier alpha value is -5.44. The van der Waals surface area contributed by atoms with Crippen molar-refractivity contribution in [3.63, 3.8) is 0 Å². The van der Waals surface area contributed by atoms with Gasteiger partial charge in [-0.2, -0.15) is 9.66 Å². The standard InChI is InChI=1S/C28H25FN10O/c1-16-4-7-20(10-23(16)29)17(2)35-26(40)24-25(33-14-22(11-30)36-24)32-12-18-5-8-19(9-6-18)21-13-34-28-38-37-27(31-3)39(28)15-21/h4-10,13-15,17H,12H2,1-3H3,(H3,31,32,33,35,37,40)/p+1/t17-/m0/s1. The highest BCUT2D eigenvalue weighted by Gasteiger charge is 2.19. The van der Waals surface area contributed by atoms with Crippen LogP contribution in [0.15, 0.2) is 61.1 Å². The maximum Gasteiger partial charge on any atom is 0.355 e. The third-order valence-corrected chi connectivity index (χ3v) is 6.43. The van der Waals surface area contributed by atoms with Crippen molar-refractivity contribution >= 4 is 23.5 Å². The predicted molar refractivity (Wildman–Crippen MR) is 146 cm³/mol. The van der Waals surface area contributed by atoms with E-state index in [2.05, 4.69) is 41.1 Å². The second-order valence-corrected chi connectivity index (χ2v) is 9.15. The first-order valence-corrected chi connectivity index (χ1v) is 12.5. The molecule has 0 saturated heterocycles. The third-order valence-electron chi connectivity index (χ3n) is 6.43. The van der Waals surface area contributed by atoms with E-state index >= 15 is 0 Å². The first kappa shape index (κ1) is 26.2. The van der Waals surface area contributed by atoms with E-state index in [-0.39, 0.29) is 23.0 Å². The van der Waals surface area contributed by atoms with Crippen LogP contribution in [-0.2, 0) is 6.54 Å². The van der Waals surface area contributed by atoms with Crippen LogP contribution in [0.25, 0.3) is 16.9 Å². The van der Waals surface area contributed by atoms with E-state index in [0.29, 0.717) is 29.4 Å². The molecule has 0 unspecified atom stereocenters. The molecule has 0 radical (unpaired) electrons. The Kier molecular flexibility index (Phi) is 7.28. The van der Waals surface area contributed by atoms with Crippen LogP contribution < -0.4 is 20.4 Å². The zero-order valence-corrected chi connectivity index (χ0v) is 22.0. The summed E-state index contributed by atoms with van der Waals surface area (Å²) in [5, 5.41) is 25.3. The largest absolute Gasteiger partial charge is 0.364 e. The highest BCUT2D eigenvalue weighted by Crippen LogP contribution is 2.21. The summed E-state index contributed by atoms with van der Waals surface area (Å²) >= 11 is 0. The summed E-state index contributed by atoms with van der Waals surface area (Å²) in [6, 6.07) is 14.1. The molecule has 5 rings (SSSR count). The number of aryl methyl sites for hydroxylation is 1. The molecule has 12 heteroatoms. The number of H-pyrrole nitrogens is 1. The van der Waals surface area contributed by atoms with Gasteiger partial charge in [-0.25, -0.2) is 14.4 Å². The Bertz CT molecular complexity index is 1740. The Morgan fingerprint density at radius 1 is 1.15 bits per heavy atom. The van der Waals surface area contributed by atoms with Gasteiger partial charge in [-0.05, 0) is 47.3 Å². The molecule has 0 saturated carbocycles. The van der Waals surface area contributed by atoms with Crippen molar-refractivity contribution in [2.45, 2.75) is 26.4 Å². The molecule has 3 aromatic heterocycles. The molecule has 11 nitrogen and oxygen atoms in total. The van der Waals surface area contributed by atoms with Gasteiger partial charge in [0.2, 0.25) is 0 Å². The first-order valence-electron chi connectivity index (χ1n) is 12.5. The number of rotatable bonds is 8. The average molecular weight is 538 g/mol. The van der Waals surface area contributed by atoms with Gasteiger partial charge < -0.3 is 16.0 Å². The number of hydrogen-bond acceptors (Lipinski definition) is 8. The number of carbonyl (C=O) groups excluding carboxylic acids is 1. The van der Waals surface area contributed by atoms with Gasteiger partial charge >= 0.3 is 11.7 Å². The summed E-state index contributed by atoms with van der Waals surface area (Å²) in [7, 11) is 1.79. The van der Waals surface area contributed by atoms with Crippen LogP contribution in [0.1, 0.15) is 45.8 Å². The van der Waals surface area contributed by atoms with E-state index in [1.165, 1.54) is 12.3 Å². The Balaban J connectivity index is 1.31. The molecular weight excluding hydrogens is 511 g/mol. The van der Waals surface area contributed by atoms with Gasteiger partial charge in [-0.15, -0.1) is 10.1 Å². The minimum atomic E-state index is -0.531. The number of aromatic amines is 1. The maximum atomic E-state index is 14.0. The number of carbonyl (C=O) groups is 1. The predicted octanol–water partition coefficient (Wildman–Crippen LogP) is 3.46. The van der Waals surface area contributed by atoms with Gasteiger partial charge in [0, 0.05) is 19.2 Å². The molecule has 2 aromatic carbocycles. The van der Waals surface area contributed by atoms with E-state index in [1.807, 2.05) is 40.9 Å². The van der Waals surface area contributed by atoms with Gasteiger partial charge in [-0.3, -0.25) is 4.79 Å². The van der Waals surface area contributed by atoms with Gasteiger partial charge in [-0.1, -0.05) is 36.4 Å². The van der Waals surface area contributed by atoms with Crippen molar-refractivity contribution in [3.05, 3.63) is 95.0 Å². The molecule has 0 fully saturated rings. The van der Waals surface area contributed by atoms with Gasteiger partial charge in [0.15, 0.2) is 17.2 Å². The molecule has 0 aliphatic rings. The normalized spacial score (nSPS) is 11.6. The van der Waals surface area contributed by atoms with E-state index in [1.54, 1.807) is 39.2 Å². The number of hydrogen-bond donors (Lipinski definition) is 4. The van der Waals surface area contributed by atoms with Gasteiger partial charge in [0.05, 0.1) is 24.6 Å². The number of halogens is 1. The number of amides is 1. The lowest BCUT2D eigenvalue weighted by atomic mass is 10.1. The topological polar surface area (TPSA) is 148 Å². The van der Waals surface area contributed by atoms with Crippen LogP contribution in [0.4, 0.5) is 16.2 Å². The number of aromatic nitrogens is 6. The van der Waals surface area contributed by atoms with Crippen LogP contribution in [-0.4, -0.2) is 38.1 Å². The number of nitriles is 1. The molecular formula is C28H26FN10O+. The monoisotopic (exact) mass is 537 g/mol. The quantitative estimate of drug-likeness (QED) is 0.220. The molecule has 1 amide bonds. The van der Waals surface area contributed by atoms with Gasteiger partial charge in [0.1, 0.15) is 11.9 Å².